The van der Waals surface area contributed by atoms with Crippen molar-refractivity contribution in [3.05, 3.63) is 29.3 Å². The second kappa shape index (κ2) is 18.4. The molecule has 4 amide bonds. The summed E-state index contributed by atoms with van der Waals surface area (Å²) in [7, 11) is 0. The highest BCUT2D eigenvalue weighted by atomic mass is 16.8. The van der Waals surface area contributed by atoms with E-state index in [1.165, 1.54) is 32.0 Å². The van der Waals surface area contributed by atoms with E-state index in [0.717, 1.165) is 0 Å². The second-order valence-electron chi connectivity index (χ2n) is 13.8. The Labute approximate surface area is 298 Å². The zero-order chi connectivity index (χ0) is 38.7. The number of imide groups is 1. The Hall–Kier alpha value is -4.88. The molecule has 16 nitrogen and oxygen atoms in total. The molecule has 0 spiro atoms. The summed E-state index contributed by atoms with van der Waals surface area (Å²) in [6.07, 6.45) is -0.968. The van der Waals surface area contributed by atoms with E-state index in [0.29, 0.717) is 10.6 Å². The number of rotatable bonds is 12. The number of amides is 4. The molecule has 0 radical (unpaired) electrons. The molecule has 5 atom stereocenters. The summed E-state index contributed by atoms with van der Waals surface area (Å²) >= 11 is 0. The minimum absolute atomic E-state index is 0.0238. The first-order valence-electron chi connectivity index (χ1n) is 16.3. The zero-order valence-corrected chi connectivity index (χ0v) is 30.8. The van der Waals surface area contributed by atoms with E-state index in [1.807, 2.05) is 0 Å². The number of terminal acetylenes is 1. The Kier molecular flexibility index (Phi) is 15.2. The van der Waals surface area contributed by atoms with Crippen LogP contribution in [0, 0.1) is 24.2 Å². The summed E-state index contributed by atoms with van der Waals surface area (Å²) in [5.41, 5.74) is -1.60. The molecular weight excluding hydrogens is 670 g/mol. The van der Waals surface area contributed by atoms with Gasteiger partial charge in [-0.25, -0.2) is 14.4 Å². The Morgan fingerprint density at radius 1 is 0.922 bits per heavy atom. The fourth-order valence-electron chi connectivity index (χ4n) is 4.66. The van der Waals surface area contributed by atoms with Crippen LogP contribution in [0.5, 0.6) is 5.75 Å². The molecule has 1 heterocycles. The summed E-state index contributed by atoms with van der Waals surface area (Å²) in [6.45, 7) is 14.9. The molecule has 1 aliphatic heterocycles. The Bertz CT molecular complexity index is 1450. The lowest BCUT2D eigenvalue weighted by Crippen LogP contribution is -2.55. The third-order valence-corrected chi connectivity index (χ3v) is 7.04. The van der Waals surface area contributed by atoms with Gasteiger partial charge in [-0.2, -0.15) is 0 Å². The van der Waals surface area contributed by atoms with Gasteiger partial charge in [0, 0.05) is 19.4 Å². The van der Waals surface area contributed by atoms with Crippen molar-refractivity contribution in [1.82, 2.24) is 15.7 Å². The van der Waals surface area contributed by atoms with Crippen LogP contribution in [-0.2, 0) is 44.7 Å². The van der Waals surface area contributed by atoms with Gasteiger partial charge in [-0.05, 0) is 72.1 Å². The van der Waals surface area contributed by atoms with Crippen LogP contribution in [0.2, 0.25) is 0 Å². The molecule has 0 aliphatic carbocycles. The number of nitrogens with zero attached hydrogens (tertiary/aromatic N) is 1. The number of ketones is 1. The Balaban J connectivity index is 2.35. The van der Waals surface area contributed by atoms with Gasteiger partial charge in [0.25, 0.3) is 5.91 Å². The molecule has 1 aromatic carbocycles. The maximum Gasteiger partial charge on any atom is 0.444 e. The first-order valence-corrected chi connectivity index (χ1v) is 16.3. The number of benzene rings is 1. The van der Waals surface area contributed by atoms with Crippen LogP contribution in [0.3, 0.4) is 0 Å². The molecular formula is C35H49N3O13. The van der Waals surface area contributed by atoms with Gasteiger partial charge in [0.15, 0.2) is 11.9 Å². The monoisotopic (exact) mass is 719 g/mol. The first kappa shape index (κ1) is 42.3. The predicted octanol–water partition coefficient (Wildman–Crippen LogP) is 4.28. The standard InChI is InChI=1S/C35H49N3O13/c1-12-15-37-31(42)45-19-24-13-14-26(48-30-28(47-23(5)40)21(3)20(2)27(49-30)22(4)39)25(18-24)29(41)36-16-17-46-38(32(43)50-34(6,7)8)33(44)51-35(9,10)11/h1,13-14,18,20-21,27-28,30H,15-17,19H2,2-11H3,(H,36,41)(H,37,42)/t20-,21-,27-,28+,30+/m0/s1. The lowest BCUT2D eigenvalue weighted by molar-refractivity contribution is -0.242. The van der Waals surface area contributed by atoms with Crippen LogP contribution in [0.25, 0.3) is 0 Å². The van der Waals surface area contributed by atoms with Crippen LogP contribution in [0.15, 0.2) is 18.2 Å². The van der Waals surface area contributed by atoms with Gasteiger partial charge in [-0.1, -0.05) is 30.9 Å². The lowest BCUT2D eigenvalue weighted by atomic mass is 9.82. The van der Waals surface area contributed by atoms with Crippen molar-refractivity contribution < 1.29 is 62.0 Å². The number of hydroxylamine groups is 2. The molecule has 1 aromatic rings. The summed E-state index contributed by atoms with van der Waals surface area (Å²) in [4.78, 5) is 80.9. The second-order valence-corrected chi connectivity index (χ2v) is 13.8. The molecule has 282 valence electrons. The molecule has 1 saturated heterocycles. The molecule has 1 aliphatic rings. The third-order valence-electron chi connectivity index (χ3n) is 7.04. The molecule has 1 fully saturated rings. The molecule has 0 aromatic heterocycles. The first-order chi connectivity index (χ1) is 23.6. The fraction of sp³-hybridized carbons (Fsp3) is 0.600. The normalized spacial score (nSPS) is 20.1. The number of hydrogen-bond acceptors (Lipinski definition) is 13. The number of esters is 1. The topological polar surface area (TPSA) is 194 Å². The molecule has 0 unspecified atom stereocenters. The van der Waals surface area contributed by atoms with E-state index >= 15 is 0 Å². The van der Waals surface area contributed by atoms with Gasteiger partial charge >= 0.3 is 24.2 Å². The van der Waals surface area contributed by atoms with Crippen LogP contribution >= 0.6 is 0 Å². The minimum Gasteiger partial charge on any atom is -0.460 e. The van der Waals surface area contributed by atoms with E-state index in [2.05, 4.69) is 16.6 Å². The quantitative estimate of drug-likeness (QED) is 0.102. The highest BCUT2D eigenvalue weighted by Crippen LogP contribution is 2.35. The predicted molar refractivity (Wildman–Crippen MR) is 180 cm³/mol. The van der Waals surface area contributed by atoms with Crippen molar-refractivity contribution in [1.29, 1.82) is 0 Å². The maximum atomic E-state index is 13.6. The van der Waals surface area contributed by atoms with Gasteiger partial charge in [0.05, 0.1) is 18.7 Å². The Morgan fingerprint density at radius 2 is 1.53 bits per heavy atom. The van der Waals surface area contributed by atoms with E-state index in [-0.39, 0.29) is 55.2 Å². The third kappa shape index (κ3) is 13.7. The summed E-state index contributed by atoms with van der Waals surface area (Å²) in [5.74, 6) is -0.0378. The summed E-state index contributed by atoms with van der Waals surface area (Å²) in [6, 6.07) is 4.35. The lowest BCUT2D eigenvalue weighted by Gasteiger charge is -2.42. The molecule has 0 saturated carbocycles. The number of carbonyl (C=O) groups is 6. The number of ether oxygens (including phenoxy) is 6. The zero-order valence-electron chi connectivity index (χ0n) is 30.8. The molecule has 51 heavy (non-hydrogen) atoms. The number of alkyl carbamates (subject to hydrolysis) is 1. The van der Waals surface area contributed by atoms with E-state index < -0.39 is 59.9 Å². The van der Waals surface area contributed by atoms with Gasteiger partial charge in [-0.15, -0.1) is 6.42 Å². The SMILES string of the molecule is C#CCNC(=O)OCc1ccc(O[C@@H]2O[C@H](C(C)=O)[C@@H](C)[C@H](C)[C@H]2OC(C)=O)c(C(=O)NCCON(C(=O)OC(C)(C)C)C(=O)OC(C)(C)C)c1. The van der Waals surface area contributed by atoms with Gasteiger partial charge in [-0.3, -0.25) is 19.2 Å². The van der Waals surface area contributed by atoms with Crippen molar-refractivity contribution in [2.45, 2.75) is 106 Å². The van der Waals surface area contributed by atoms with Crippen LogP contribution < -0.4 is 15.4 Å². The highest BCUT2D eigenvalue weighted by molar-refractivity contribution is 5.97. The van der Waals surface area contributed by atoms with Crippen LogP contribution in [-0.4, -0.2) is 90.4 Å². The smallest absolute Gasteiger partial charge is 0.444 e. The average molecular weight is 720 g/mol. The van der Waals surface area contributed by atoms with Crippen LogP contribution in [0.4, 0.5) is 14.4 Å². The molecule has 16 heteroatoms. The summed E-state index contributed by atoms with van der Waals surface area (Å²) in [5, 5.41) is 5.30. The fourth-order valence-corrected chi connectivity index (χ4v) is 4.66. The van der Waals surface area contributed by atoms with Crippen LogP contribution in [0.1, 0.15) is 85.2 Å². The van der Waals surface area contributed by atoms with Crippen molar-refractivity contribution in [3.8, 4) is 18.1 Å². The van der Waals surface area contributed by atoms with Gasteiger partial charge in [0.2, 0.25) is 6.29 Å². The number of Topliss-reactive ketones (excluding diaryl/α,β-unsaturated/α-hetero) is 1. The highest BCUT2D eigenvalue weighted by Gasteiger charge is 2.46. The molecule has 2 rings (SSSR count). The number of carbonyl (C=O) groups excluding carboxylic acids is 6. The average Bonchev–Trinajstić information content (AvgIpc) is 3.00. The Morgan fingerprint density at radius 3 is 2.06 bits per heavy atom. The van der Waals surface area contributed by atoms with E-state index in [1.54, 1.807) is 55.4 Å². The van der Waals surface area contributed by atoms with Gasteiger partial charge < -0.3 is 39.1 Å². The number of nitrogens with one attached hydrogen (secondary N) is 2. The van der Waals surface area contributed by atoms with E-state index in [4.69, 9.17) is 39.7 Å². The number of hydrogen-bond donors (Lipinski definition) is 2. The molecule has 0 bridgehead atoms. The minimum atomic E-state index is -1.28. The summed E-state index contributed by atoms with van der Waals surface area (Å²) < 4.78 is 33.3. The van der Waals surface area contributed by atoms with Crippen molar-refractivity contribution in [3.63, 3.8) is 0 Å². The van der Waals surface area contributed by atoms with Gasteiger partial charge in [0.1, 0.15) is 29.7 Å². The molecule has 2 N–H and O–H groups in total. The largest absolute Gasteiger partial charge is 0.460 e. The van der Waals surface area contributed by atoms with Crippen molar-refractivity contribution in [2.24, 2.45) is 11.8 Å². The van der Waals surface area contributed by atoms with Crippen molar-refractivity contribution in [2.75, 3.05) is 19.7 Å². The van der Waals surface area contributed by atoms with Crippen molar-refractivity contribution >= 4 is 35.9 Å². The maximum absolute atomic E-state index is 13.6. The van der Waals surface area contributed by atoms with E-state index in [9.17, 15) is 28.8 Å².